The van der Waals surface area contributed by atoms with Crippen LogP contribution in [0.2, 0.25) is 0 Å². The number of hydrogen-bond donors (Lipinski definition) is 2. The first-order valence-electron chi connectivity index (χ1n) is 5.89. The Hall–Kier alpha value is -1.39. The molecule has 4 nitrogen and oxygen atoms in total. The van der Waals surface area contributed by atoms with Crippen molar-refractivity contribution in [2.75, 3.05) is 19.6 Å². The molecular weight excluding hydrogens is 214 g/mol. The highest BCUT2D eigenvalue weighted by Gasteiger charge is 2.13. The number of rotatable bonds is 8. The molecule has 1 aromatic heterocycles. The lowest BCUT2D eigenvalue weighted by Crippen LogP contribution is -3.12. The van der Waals surface area contributed by atoms with Gasteiger partial charge in [0.25, 0.3) is 0 Å². The number of aromatic nitrogens is 2. The van der Waals surface area contributed by atoms with Gasteiger partial charge in [-0.1, -0.05) is 13.2 Å². The minimum absolute atomic E-state index is 0.399. The second kappa shape index (κ2) is 7.04. The van der Waals surface area contributed by atoms with Crippen LogP contribution in [0.4, 0.5) is 0 Å². The van der Waals surface area contributed by atoms with Gasteiger partial charge < -0.3 is 10.0 Å². The molecule has 4 heteroatoms. The standard InChI is InChI=1S/C13H21N3O/c1-4-7-15(8-5-2)10-13(17)11-16-9-6-12(3)14-16/h4-6,9,13,17H,1-2,7-8,10-11H2,3H3/p+1. The van der Waals surface area contributed by atoms with Crippen LogP contribution in [0.15, 0.2) is 37.6 Å². The Morgan fingerprint density at radius 3 is 2.59 bits per heavy atom. The molecule has 1 heterocycles. The summed E-state index contributed by atoms with van der Waals surface area (Å²) in [4.78, 5) is 1.26. The van der Waals surface area contributed by atoms with E-state index in [4.69, 9.17) is 0 Å². The molecule has 0 spiro atoms. The molecular formula is C13H22N3O+. The van der Waals surface area contributed by atoms with E-state index in [9.17, 15) is 5.11 Å². The largest absolute Gasteiger partial charge is 0.385 e. The Morgan fingerprint density at radius 2 is 2.12 bits per heavy atom. The number of nitrogens with zero attached hydrogens (tertiary/aromatic N) is 2. The SMILES string of the molecule is C=CC[NH+](CC=C)CC(O)Cn1ccc(C)n1. The van der Waals surface area contributed by atoms with E-state index < -0.39 is 6.10 Å². The second-order valence-electron chi connectivity index (χ2n) is 4.27. The van der Waals surface area contributed by atoms with Crippen molar-refractivity contribution in [3.8, 4) is 0 Å². The van der Waals surface area contributed by atoms with Crippen molar-refractivity contribution < 1.29 is 10.0 Å². The first-order chi connectivity index (χ1) is 8.15. The van der Waals surface area contributed by atoms with Gasteiger partial charge in [-0.15, -0.1) is 0 Å². The van der Waals surface area contributed by atoms with Gasteiger partial charge in [0, 0.05) is 6.20 Å². The van der Waals surface area contributed by atoms with E-state index in [0.717, 1.165) is 18.8 Å². The van der Waals surface area contributed by atoms with E-state index >= 15 is 0 Å². The van der Waals surface area contributed by atoms with Gasteiger partial charge >= 0.3 is 0 Å². The summed E-state index contributed by atoms with van der Waals surface area (Å²) in [5.74, 6) is 0. The summed E-state index contributed by atoms with van der Waals surface area (Å²) in [7, 11) is 0. The molecule has 0 radical (unpaired) electrons. The third-order valence-electron chi connectivity index (χ3n) is 2.56. The van der Waals surface area contributed by atoms with E-state index in [1.807, 2.05) is 31.3 Å². The third-order valence-corrected chi connectivity index (χ3v) is 2.56. The van der Waals surface area contributed by atoms with Crippen LogP contribution in [0, 0.1) is 6.92 Å². The number of quaternary nitrogens is 1. The molecule has 1 aromatic rings. The van der Waals surface area contributed by atoms with E-state index in [1.165, 1.54) is 4.90 Å². The van der Waals surface area contributed by atoms with Crippen molar-refractivity contribution in [2.24, 2.45) is 0 Å². The highest BCUT2D eigenvalue weighted by molar-refractivity contribution is 4.94. The van der Waals surface area contributed by atoms with E-state index in [2.05, 4.69) is 18.3 Å². The zero-order valence-corrected chi connectivity index (χ0v) is 10.5. The van der Waals surface area contributed by atoms with Crippen LogP contribution < -0.4 is 4.90 Å². The van der Waals surface area contributed by atoms with Gasteiger partial charge in [-0.3, -0.25) is 4.68 Å². The highest BCUT2D eigenvalue weighted by atomic mass is 16.3. The van der Waals surface area contributed by atoms with Crippen LogP contribution in [0.3, 0.4) is 0 Å². The molecule has 94 valence electrons. The third kappa shape index (κ3) is 4.97. The molecule has 0 aliphatic rings. The molecule has 1 unspecified atom stereocenters. The van der Waals surface area contributed by atoms with Crippen molar-refractivity contribution in [1.29, 1.82) is 0 Å². The average Bonchev–Trinajstić information content (AvgIpc) is 2.64. The summed E-state index contributed by atoms with van der Waals surface area (Å²) in [6.07, 6.45) is 5.22. The number of aryl methyl sites for hydroxylation is 1. The topological polar surface area (TPSA) is 42.5 Å². The molecule has 1 atom stereocenters. The summed E-state index contributed by atoms with van der Waals surface area (Å²) in [6.45, 7) is 12.3. The van der Waals surface area contributed by atoms with Crippen LogP contribution in [-0.2, 0) is 6.54 Å². The van der Waals surface area contributed by atoms with Crippen LogP contribution in [-0.4, -0.2) is 40.6 Å². The van der Waals surface area contributed by atoms with Crippen molar-refractivity contribution >= 4 is 0 Å². The Labute approximate surface area is 103 Å². The smallest absolute Gasteiger partial charge is 0.122 e. The molecule has 0 aromatic carbocycles. The molecule has 0 aliphatic carbocycles. The number of aliphatic hydroxyl groups is 1. The summed E-state index contributed by atoms with van der Waals surface area (Å²) in [5.41, 5.74) is 0.971. The lowest BCUT2D eigenvalue weighted by Gasteiger charge is -2.19. The molecule has 0 saturated carbocycles. The minimum atomic E-state index is -0.399. The van der Waals surface area contributed by atoms with E-state index in [1.54, 1.807) is 4.68 Å². The van der Waals surface area contributed by atoms with Gasteiger partial charge in [-0.25, -0.2) is 0 Å². The minimum Gasteiger partial charge on any atom is -0.385 e. The lowest BCUT2D eigenvalue weighted by atomic mass is 10.3. The normalized spacial score (nSPS) is 12.6. The van der Waals surface area contributed by atoms with Gasteiger partial charge in [0.1, 0.15) is 12.6 Å². The predicted molar refractivity (Wildman–Crippen MR) is 68.9 cm³/mol. The monoisotopic (exact) mass is 236 g/mol. The Kier molecular flexibility index (Phi) is 5.66. The summed E-state index contributed by atoms with van der Waals surface area (Å²) >= 11 is 0. The number of nitrogens with one attached hydrogen (secondary N) is 1. The van der Waals surface area contributed by atoms with Gasteiger partial charge in [0.05, 0.1) is 25.3 Å². The van der Waals surface area contributed by atoms with Crippen LogP contribution in [0.5, 0.6) is 0 Å². The number of aliphatic hydroxyl groups excluding tert-OH is 1. The predicted octanol–water partition coefficient (Wildman–Crippen LogP) is -0.191. The summed E-state index contributed by atoms with van der Waals surface area (Å²) in [6, 6.07) is 1.94. The van der Waals surface area contributed by atoms with Gasteiger partial charge in [-0.05, 0) is 25.1 Å². The maximum absolute atomic E-state index is 9.99. The zero-order valence-electron chi connectivity index (χ0n) is 10.5. The molecule has 0 amide bonds. The van der Waals surface area contributed by atoms with Crippen LogP contribution >= 0.6 is 0 Å². The van der Waals surface area contributed by atoms with Crippen molar-refractivity contribution in [2.45, 2.75) is 19.6 Å². The molecule has 0 fully saturated rings. The maximum Gasteiger partial charge on any atom is 0.122 e. The summed E-state index contributed by atoms with van der Waals surface area (Å²) < 4.78 is 1.78. The van der Waals surface area contributed by atoms with Crippen molar-refractivity contribution in [3.63, 3.8) is 0 Å². The lowest BCUT2D eigenvalue weighted by molar-refractivity contribution is -0.891. The van der Waals surface area contributed by atoms with Crippen LogP contribution in [0.1, 0.15) is 5.69 Å². The Balaban J connectivity index is 2.43. The summed E-state index contributed by atoms with van der Waals surface area (Å²) in [5, 5.41) is 14.2. The van der Waals surface area contributed by atoms with E-state index in [0.29, 0.717) is 13.1 Å². The maximum atomic E-state index is 9.99. The fraction of sp³-hybridized carbons (Fsp3) is 0.462. The first-order valence-corrected chi connectivity index (χ1v) is 5.89. The molecule has 2 N–H and O–H groups in total. The fourth-order valence-corrected chi connectivity index (χ4v) is 1.84. The molecule has 0 bridgehead atoms. The molecule has 17 heavy (non-hydrogen) atoms. The second-order valence-corrected chi connectivity index (χ2v) is 4.27. The van der Waals surface area contributed by atoms with Crippen molar-refractivity contribution in [1.82, 2.24) is 9.78 Å². The van der Waals surface area contributed by atoms with E-state index in [-0.39, 0.29) is 0 Å². The Morgan fingerprint density at radius 1 is 1.47 bits per heavy atom. The highest BCUT2D eigenvalue weighted by Crippen LogP contribution is 1.94. The molecule has 1 rings (SSSR count). The Bertz CT molecular complexity index is 349. The molecule has 0 saturated heterocycles. The van der Waals surface area contributed by atoms with Crippen molar-refractivity contribution in [3.05, 3.63) is 43.3 Å². The molecule has 0 aliphatic heterocycles. The van der Waals surface area contributed by atoms with Gasteiger partial charge in [0.15, 0.2) is 0 Å². The zero-order chi connectivity index (χ0) is 12.7. The van der Waals surface area contributed by atoms with Crippen LogP contribution in [0.25, 0.3) is 0 Å². The van der Waals surface area contributed by atoms with Gasteiger partial charge in [0.2, 0.25) is 0 Å². The average molecular weight is 236 g/mol. The first kappa shape index (κ1) is 13.7. The fourth-order valence-electron chi connectivity index (χ4n) is 1.84. The number of hydrogen-bond acceptors (Lipinski definition) is 2. The quantitative estimate of drug-likeness (QED) is 0.614. The van der Waals surface area contributed by atoms with Gasteiger partial charge in [-0.2, -0.15) is 5.10 Å².